The third kappa shape index (κ3) is 6.53. The van der Waals surface area contributed by atoms with E-state index in [4.69, 9.17) is 14.3 Å². The summed E-state index contributed by atoms with van der Waals surface area (Å²) in [7, 11) is 0. The number of ether oxygens (including phenoxy) is 1. The smallest absolute Gasteiger partial charge is 0.373 e. The van der Waals surface area contributed by atoms with Crippen LogP contribution in [0.4, 0.5) is 5.69 Å². The Labute approximate surface area is 200 Å². The fourth-order valence-electron chi connectivity index (χ4n) is 3.97. The van der Waals surface area contributed by atoms with E-state index in [1.165, 1.54) is 0 Å². The molecule has 0 radical (unpaired) electrons. The number of aryl methyl sites for hydroxylation is 1. The lowest BCUT2D eigenvalue weighted by atomic mass is 9.79. The maximum absolute atomic E-state index is 13.4. The van der Waals surface area contributed by atoms with Gasteiger partial charge in [0.2, 0.25) is 0 Å². The molecule has 0 amide bonds. The average Bonchev–Trinajstić information content (AvgIpc) is 2.79. The summed E-state index contributed by atoms with van der Waals surface area (Å²) >= 11 is 0. The van der Waals surface area contributed by atoms with E-state index >= 15 is 0 Å². The monoisotopic (exact) mass is 463 g/mol. The first-order valence-electron chi connectivity index (χ1n) is 11.4. The predicted molar refractivity (Wildman–Crippen MR) is 132 cm³/mol. The van der Waals surface area contributed by atoms with Gasteiger partial charge >= 0.3 is 12.1 Å². The van der Waals surface area contributed by atoms with Gasteiger partial charge in [0, 0.05) is 12.1 Å². The van der Waals surface area contributed by atoms with Crippen LogP contribution in [0.25, 0.3) is 10.8 Å². The van der Waals surface area contributed by atoms with E-state index < -0.39 is 11.6 Å². The van der Waals surface area contributed by atoms with E-state index in [2.05, 4.69) is 5.32 Å². The summed E-state index contributed by atoms with van der Waals surface area (Å²) in [6.07, 6.45) is -0.649. The number of hydrogen-bond donors (Lipinski definition) is 2. The van der Waals surface area contributed by atoms with Gasteiger partial charge in [0.15, 0.2) is 0 Å². The highest BCUT2D eigenvalue weighted by atomic mass is 16.5. The van der Waals surface area contributed by atoms with Crippen LogP contribution >= 0.6 is 0 Å². The number of rotatable bonds is 8. The zero-order valence-corrected chi connectivity index (χ0v) is 20.4. The quantitative estimate of drug-likeness (QED) is 0.432. The molecule has 3 aromatic rings. The number of benzene rings is 3. The van der Waals surface area contributed by atoms with E-state index in [1.807, 2.05) is 101 Å². The summed E-state index contributed by atoms with van der Waals surface area (Å²) in [5, 5.41) is 16.8. The molecule has 0 fully saturated rings. The number of hydrogen-bond acceptors (Lipinski definition) is 6. The van der Waals surface area contributed by atoms with Gasteiger partial charge in [0.25, 0.3) is 0 Å². The highest BCUT2D eigenvalue weighted by molar-refractivity contribution is 5.87. The van der Waals surface area contributed by atoms with Crippen LogP contribution in [-0.4, -0.2) is 28.9 Å². The van der Waals surface area contributed by atoms with Crippen LogP contribution in [0.3, 0.4) is 0 Å². The molecular weight excluding hydrogens is 430 g/mol. The number of esters is 1. The Kier molecular flexibility index (Phi) is 9.55. The van der Waals surface area contributed by atoms with Gasteiger partial charge in [-0.15, -0.1) is 0 Å². The lowest BCUT2D eigenvalue weighted by Crippen LogP contribution is -2.53. The van der Waals surface area contributed by atoms with E-state index in [1.54, 1.807) is 0 Å². The first kappa shape index (κ1) is 26.8. The fraction of sp³-hybridized carbons (Fsp3) is 0.357. The van der Waals surface area contributed by atoms with Crippen molar-refractivity contribution >= 4 is 28.6 Å². The summed E-state index contributed by atoms with van der Waals surface area (Å²) in [6, 6.07) is 21.8. The van der Waals surface area contributed by atoms with Crippen molar-refractivity contribution in [3.63, 3.8) is 0 Å². The number of nitrogens with one attached hydrogen (secondary N) is 1. The third-order valence-electron chi connectivity index (χ3n) is 5.81. The van der Waals surface area contributed by atoms with Crippen molar-refractivity contribution in [2.45, 2.75) is 58.8 Å². The maximum Gasteiger partial charge on any atom is 0.373 e. The average molecular weight is 464 g/mol. The second-order valence-corrected chi connectivity index (χ2v) is 8.94. The second-order valence-electron chi connectivity index (χ2n) is 8.94. The Morgan fingerprint density at radius 1 is 0.971 bits per heavy atom. The van der Waals surface area contributed by atoms with E-state index in [0.717, 1.165) is 27.6 Å². The van der Waals surface area contributed by atoms with E-state index in [9.17, 15) is 9.90 Å². The topological polar surface area (TPSA) is 92.7 Å². The molecular formula is C28H33NO5. The van der Waals surface area contributed by atoms with Gasteiger partial charge in [-0.25, -0.2) is 4.79 Å². The molecule has 0 spiro atoms. The summed E-state index contributed by atoms with van der Waals surface area (Å²) in [5.74, 6) is -0.470. The summed E-state index contributed by atoms with van der Waals surface area (Å²) < 4.78 is 5.68. The maximum atomic E-state index is 13.4. The second kappa shape index (κ2) is 12.1. The number of aliphatic hydroxyl groups excluding tert-OH is 1. The van der Waals surface area contributed by atoms with Crippen LogP contribution < -0.4 is 5.32 Å². The van der Waals surface area contributed by atoms with E-state index in [-0.39, 0.29) is 30.6 Å². The van der Waals surface area contributed by atoms with Gasteiger partial charge in [-0.3, -0.25) is 0 Å². The van der Waals surface area contributed by atoms with Gasteiger partial charge in [-0.2, -0.15) is 9.59 Å². The van der Waals surface area contributed by atoms with E-state index in [0.29, 0.717) is 0 Å². The molecule has 0 aliphatic heterocycles. The Balaban J connectivity index is 0.00000129. The van der Waals surface area contributed by atoms with Crippen molar-refractivity contribution in [3.8, 4) is 0 Å². The summed E-state index contributed by atoms with van der Waals surface area (Å²) in [5.41, 5.74) is 1.69. The minimum Gasteiger partial charge on any atom is -0.461 e. The number of carbonyl (C=O) groups excluding carboxylic acids is 3. The molecule has 3 aromatic carbocycles. The van der Waals surface area contributed by atoms with Gasteiger partial charge in [0.05, 0.1) is 12.2 Å². The third-order valence-corrected chi connectivity index (χ3v) is 5.81. The van der Waals surface area contributed by atoms with Crippen LogP contribution in [-0.2, 0) is 19.1 Å². The molecule has 0 aromatic heterocycles. The first-order valence-corrected chi connectivity index (χ1v) is 11.4. The molecule has 34 heavy (non-hydrogen) atoms. The highest BCUT2D eigenvalue weighted by Crippen LogP contribution is 2.36. The predicted octanol–water partition coefficient (Wildman–Crippen LogP) is 5.45. The summed E-state index contributed by atoms with van der Waals surface area (Å²) in [4.78, 5) is 29.7. The van der Waals surface area contributed by atoms with Gasteiger partial charge in [0.1, 0.15) is 5.54 Å². The first-order chi connectivity index (χ1) is 16.1. The zero-order chi connectivity index (χ0) is 25.3. The van der Waals surface area contributed by atoms with Crippen molar-refractivity contribution in [1.29, 1.82) is 0 Å². The number of aliphatic hydroxyl groups is 1. The van der Waals surface area contributed by atoms with Crippen molar-refractivity contribution in [2.75, 3.05) is 5.32 Å². The molecule has 3 rings (SSSR count). The molecule has 180 valence electrons. The SMILES string of the molecule is Cc1ccc(NC(C[C@@H](O)c2cccc3ccccc23)(C(=O)OC(C)C)C(C)C)cc1.O=C=O. The normalized spacial score (nSPS) is 13.4. The van der Waals surface area contributed by atoms with Crippen LogP contribution in [0.15, 0.2) is 66.7 Å². The summed E-state index contributed by atoms with van der Waals surface area (Å²) in [6.45, 7) is 9.68. The zero-order valence-electron chi connectivity index (χ0n) is 20.4. The van der Waals surface area contributed by atoms with Gasteiger partial charge in [-0.1, -0.05) is 74.0 Å². The van der Waals surface area contributed by atoms with Crippen LogP contribution in [0.5, 0.6) is 0 Å². The van der Waals surface area contributed by atoms with Crippen LogP contribution in [0.2, 0.25) is 0 Å². The Bertz CT molecular complexity index is 1110. The van der Waals surface area contributed by atoms with Crippen molar-refractivity contribution in [3.05, 3.63) is 77.9 Å². The number of anilines is 1. The van der Waals surface area contributed by atoms with Crippen molar-refractivity contribution < 1.29 is 24.2 Å². The van der Waals surface area contributed by atoms with Crippen molar-refractivity contribution in [2.24, 2.45) is 5.92 Å². The van der Waals surface area contributed by atoms with Gasteiger partial charge in [-0.05, 0) is 55.2 Å². The molecule has 0 saturated carbocycles. The molecule has 0 aliphatic carbocycles. The minimum absolute atomic E-state index is 0.121. The molecule has 1 unspecified atom stereocenters. The Morgan fingerprint density at radius 3 is 2.15 bits per heavy atom. The lowest BCUT2D eigenvalue weighted by molar-refractivity contribution is -0.191. The minimum atomic E-state index is -1.09. The molecule has 6 nitrogen and oxygen atoms in total. The van der Waals surface area contributed by atoms with Crippen molar-refractivity contribution in [1.82, 2.24) is 0 Å². The molecule has 2 N–H and O–H groups in total. The van der Waals surface area contributed by atoms with Gasteiger partial charge < -0.3 is 15.2 Å². The number of fused-ring (bicyclic) bond motifs is 1. The van der Waals surface area contributed by atoms with Crippen LogP contribution in [0.1, 0.15) is 51.3 Å². The molecule has 2 atom stereocenters. The fourth-order valence-corrected chi connectivity index (χ4v) is 3.97. The standard InChI is InChI=1S/C27H33NO3.CO2/c1-18(2)27(26(30)31-19(3)4,28-22-15-13-20(5)14-16-22)17-25(29)24-12-8-10-21-9-6-7-11-23(21)24;2-1-3/h6-16,18-19,25,28-29H,17H2,1-5H3;/t25-,27?;/m1./s1. The Hall–Kier alpha value is -3.47. The Morgan fingerprint density at radius 2 is 1.56 bits per heavy atom. The molecule has 0 bridgehead atoms. The molecule has 0 aliphatic rings. The molecule has 0 heterocycles. The largest absolute Gasteiger partial charge is 0.461 e. The molecule has 0 saturated heterocycles. The lowest BCUT2D eigenvalue weighted by Gasteiger charge is -2.39. The molecule has 6 heteroatoms. The number of carbonyl (C=O) groups is 1. The van der Waals surface area contributed by atoms with Crippen LogP contribution in [0, 0.1) is 12.8 Å². The highest BCUT2D eigenvalue weighted by Gasteiger charge is 2.45.